The summed E-state index contributed by atoms with van der Waals surface area (Å²) in [6, 6.07) is 2.42. The van der Waals surface area contributed by atoms with Crippen LogP contribution in [0.4, 0.5) is 11.4 Å². The Morgan fingerprint density at radius 3 is 2.82 bits per heavy atom. The first-order valence-electron chi connectivity index (χ1n) is 6.32. The van der Waals surface area contributed by atoms with Crippen molar-refractivity contribution in [2.24, 2.45) is 0 Å². The molecule has 0 aliphatic heterocycles. The van der Waals surface area contributed by atoms with Crippen LogP contribution in [0.5, 0.6) is 0 Å². The van der Waals surface area contributed by atoms with Gasteiger partial charge in [0.1, 0.15) is 0 Å². The molecule has 0 fully saturated rings. The highest BCUT2D eigenvalue weighted by molar-refractivity contribution is 5.54. The molecule has 1 unspecified atom stereocenters. The molecule has 0 radical (unpaired) electrons. The van der Waals surface area contributed by atoms with E-state index in [-0.39, 0.29) is 6.61 Å². The van der Waals surface area contributed by atoms with E-state index in [2.05, 4.69) is 35.5 Å². The molecule has 17 heavy (non-hydrogen) atoms. The van der Waals surface area contributed by atoms with E-state index in [4.69, 9.17) is 5.11 Å². The van der Waals surface area contributed by atoms with Gasteiger partial charge in [-0.15, -0.1) is 0 Å². The molecule has 0 saturated heterocycles. The van der Waals surface area contributed by atoms with Crippen LogP contribution in [0.1, 0.15) is 33.1 Å². The van der Waals surface area contributed by atoms with Gasteiger partial charge in [-0.2, -0.15) is 0 Å². The van der Waals surface area contributed by atoms with Crippen molar-refractivity contribution in [3.05, 3.63) is 18.5 Å². The molecule has 1 atom stereocenters. The van der Waals surface area contributed by atoms with Gasteiger partial charge in [0.15, 0.2) is 0 Å². The fourth-order valence-corrected chi connectivity index (χ4v) is 1.64. The zero-order valence-electron chi connectivity index (χ0n) is 10.7. The Kier molecular flexibility index (Phi) is 6.40. The quantitative estimate of drug-likeness (QED) is 0.650. The number of anilines is 2. The first-order valence-corrected chi connectivity index (χ1v) is 6.32. The fraction of sp³-hybridized carbons (Fsp3) is 0.615. The lowest BCUT2D eigenvalue weighted by atomic mass is 10.2. The largest absolute Gasteiger partial charge is 0.396 e. The third kappa shape index (κ3) is 5.54. The Balaban J connectivity index is 2.47. The van der Waals surface area contributed by atoms with Gasteiger partial charge in [0, 0.05) is 19.2 Å². The summed E-state index contributed by atoms with van der Waals surface area (Å²) in [6.07, 6.45) is 6.55. The second-order valence-corrected chi connectivity index (χ2v) is 4.30. The predicted octanol–water partition coefficient (Wildman–Crippen LogP) is 2.48. The summed E-state index contributed by atoms with van der Waals surface area (Å²) in [4.78, 5) is 4.20. The number of aliphatic hydroxyl groups is 1. The maximum absolute atomic E-state index is 8.77. The van der Waals surface area contributed by atoms with Crippen LogP contribution in [0, 0.1) is 0 Å². The standard InChI is InChI=1S/C13H23N3O/c1-3-6-15-12-8-13(10-14-9-12)16-11(2)5-4-7-17/h8-11,15-17H,3-7H2,1-2H3. The highest BCUT2D eigenvalue weighted by Gasteiger charge is 2.02. The summed E-state index contributed by atoms with van der Waals surface area (Å²) < 4.78 is 0. The van der Waals surface area contributed by atoms with Crippen molar-refractivity contribution in [1.82, 2.24) is 4.98 Å². The van der Waals surface area contributed by atoms with E-state index in [0.717, 1.165) is 37.2 Å². The first-order chi connectivity index (χ1) is 8.26. The van der Waals surface area contributed by atoms with Crippen LogP contribution in [0.3, 0.4) is 0 Å². The average Bonchev–Trinajstić information content (AvgIpc) is 2.34. The van der Waals surface area contributed by atoms with Crippen molar-refractivity contribution in [3.63, 3.8) is 0 Å². The lowest BCUT2D eigenvalue weighted by Crippen LogP contribution is -2.15. The first kappa shape index (κ1) is 13.8. The minimum Gasteiger partial charge on any atom is -0.396 e. The summed E-state index contributed by atoms with van der Waals surface area (Å²) in [5.41, 5.74) is 2.07. The smallest absolute Gasteiger partial charge is 0.0549 e. The Labute approximate surface area is 103 Å². The van der Waals surface area contributed by atoms with E-state index in [9.17, 15) is 0 Å². The molecule has 0 amide bonds. The zero-order chi connectivity index (χ0) is 12.5. The number of hydrogen-bond donors (Lipinski definition) is 3. The predicted molar refractivity (Wildman–Crippen MR) is 72.4 cm³/mol. The van der Waals surface area contributed by atoms with Crippen LogP contribution >= 0.6 is 0 Å². The van der Waals surface area contributed by atoms with E-state index in [0.29, 0.717) is 6.04 Å². The van der Waals surface area contributed by atoms with Crippen LogP contribution in [0.2, 0.25) is 0 Å². The summed E-state index contributed by atoms with van der Waals surface area (Å²) >= 11 is 0. The van der Waals surface area contributed by atoms with Gasteiger partial charge in [0.25, 0.3) is 0 Å². The Bertz CT molecular complexity index is 317. The number of aromatic nitrogens is 1. The van der Waals surface area contributed by atoms with Gasteiger partial charge in [-0.05, 0) is 32.3 Å². The molecule has 0 aliphatic carbocycles. The van der Waals surface area contributed by atoms with Crippen molar-refractivity contribution in [1.29, 1.82) is 0 Å². The molecule has 0 saturated carbocycles. The normalized spacial score (nSPS) is 12.2. The minimum absolute atomic E-state index is 0.252. The third-order valence-corrected chi connectivity index (χ3v) is 2.53. The van der Waals surface area contributed by atoms with Gasteiger partial charge < -0.3 is 15.7 Å². The molecule has 4 nitrogen and oxygen atoms in total. The number of rotatable bonds is 8. The van der Waals surface area contributed by atoms with Crippen LogP contribution < -0.4 is 10.6 Å². The van der Waals surface area contributed by atoms with Crippen molar-refractivity contribution in [2.45, 2.75) is 39.2 Å². The maximum Gasteiger partial charge on any atom is 0.0549 e. The van der Waals surface area contributed by atoms with Gasteiger partial charge in [0.2, 0.25) is 0 Å². The second kappa shape index (κ2) is 7.90. The van der Waals surface area contributed by atoms with E-state index >= 15 is 0 Å². The zero-order valence-corrected chi connectivity index (χ0v) is 10.7. The van der Waals surface area contributed by atoms with E-state index < -0.39 is 0 Å². The molecule has 1 aromatic heterocycles. The summed E-state index contributed by atoms with van der Waals surface area (Å²) in [6.45, 7) is 5.47. The molecule has 0 bridgehead atoms. The number of nitrogens with one attached hydrogen (secondary N) is 2. The minimum atomic E-state index is 0.252. The number of pyridine rings is 1. The highest BCUT2D eigenvalue weighted by atomic mass is 16.2. The van der Waals surface area contributed by atoms with Crippen molar-refractivity contribution >= 4 is 11.4 Å². The van der Waals surface area contributed by atoms with Gasteiger partial charge in [0.05, 0.1) is 23.8 Å². The molecular formula is C13H23N3O. The SMILES string of the molecule is CCCNc1cncc(NC(C)CCCO)c1. The molecule has 96 valence electrons. The molecule has 3 N–H and O–H groups in total. The van der Waals surface area contributed by atoms with Gasteiger partial charge in [-0.3, -0.25) is 4.98 Å². The lowest BCUT2D eigenvalue weighted by molar-refractivity contribution is 0.282. The summed E-state index contributed by atoms with van der Waals surface area (Å²) in [5, 5.41) is 15.5. The van der Waals surface area contributed by atoms with E-state index in [1.54, 1.807) is 0 Å². The highest BCUT2D eigenvalue weighted by Crippen LogP contribution is 2.15. The van der Waals surface area contributed by atoms with Crippen LogP contribution in [0.15, 0.2) is 18.5 Å². The Hall–Kier alpha value is -1.29. The topological polar surface area (TPSA) is 57.2 Å². The molecule has 4 heteroatoms. The lowest BCUT2D eigenvalue weighted by Gasteiger charge is -2.15. The van der Waals surface area contributed by atoms with Crippen molar-refractivity contribution < 1.29 is 5.11 Å². The number of nitrogens with zero attached hydrogens (tertiary/aromatic N) is 1. The fourth-order valence-electron chi connectivity index (χ4n) is 1.64. The molecule has 0 aromatic carbocycles. The van der Waals surface area contributed by atoms with Gasteiger partial charge >= 0.3 is 0 Å². The summed E-state index contributed by atoms with van der Waals surface area (Å²) in [7, 11) is 0. The average molecular weight is 237 g/mol. The van der Waals surface area contributed by atoms with Crippen LogP contribution in [0.25, 0.3) is 0 Å². The molecule has 0 aliphatic rings. The second-order valence-electron chi connectivity index (χ2n) is 4.30. The Morgan fingerprint density at radius 2 is 2.12 bits per heavy atom. The van der Waals surface area contributed by atoms with Crippen LogP contribution in [-0.2, 0) is 0 Å². The molecular weight excluding hydrogens is 214 g/mol. The van der Waals surface area contributed by atoms with Crippen molar-refractivity contribution in [3.8, 4) is 0 Å². The van der Waals surface area contributed by atoms with Gasteiger partial charge in [-0.1, -0.05) is 6.92 Å². The Morgan fingerprint density at radius 1 is 1.35 bits per heavy atom. The van der Waals surface area contributed by atoms with Crippen molar-refractivity contribution in [2.75, 3.05) is 23.8 Å². The number of aliphatic hydroxyl groups excluding tert-OH is 1. The van der Waals surface area contributed by atoms with Crippen LogP contribution in [-0.4, -0.2) is 29.3 Å². The molecule has 1 heterocycles. The summed E-state index contributed by atoms with van der Waals surface area (Å²) in [5.74, 6) is 0. The molecule has 1 rings (SSSR count). The molecule has 1 aromatic rings. The van der Waals surface area contributed by atoms with E-state index in [1.165, 1.54) is 0 Å². The van der Waals surface area contributed by atoms with Gasteiger partial charge in [-0.25, -0.2) is 0 Å². The molecule has 0 spiro atoms. The third-order valence-electron chi connectivity index (χ3n) is 2.53. The maximum atomic E-state index is 8.77. The number of hydrogen-bond acceptors (Lipinski definition) is 4. The van der Waals surface area contributed by atoms with E-state index in [1.807, 2.05) is 12.4 Å². The monoisotopic (exact) mass is 237 g/mol.